The molecule has 0 aliphatic carbocycles. The Bertz CT molecular complexity index is 921. The van der Waals surface area contributed by atoms with E-state index < -0.39 is 0 Å². The monoisotopic (exact) mass is 324 g/mol. The van der Waals surface area contributed by atoms with Crippen molar-refractivity contribution in [3.05, 3.63) is 102 Å². The zero-order valence-electron chi connectivity index (χ0n) is 13.5. The van der Waals surface area contributed by atoms with Gasteiger partial charge in [0.2, 0.25) is 0 Å². The molecule has 0 saturated heterocycles. The second kappa shape index (κ2) is 7.76. The number of anilines is 1. The van der Waals surface area contributed by atoms with E-state index in [4.69, 9.17) is 5.26 Å². The number of nitrogens with one attached hydrogen (secondary N) is 1. The SMILES string of the molecule is N#Cc1ccc(NC(=O)/C(=C/c2ccccc2)c2ccccc2)cc1. The minimum absolute atomic E-state index is 0.195. The summed E-state index contributed by atoms with van der Waals surface area (Å²) in [6.45, 7) is 0. The molecule has 0 fully saturated rings. The molecule has 0 bridgehead atoms. The van der Waals surface area contributed by atoms with Crippen molar-refractivity contribution in [1.29, 1.82) is 5.26 Å². The molecule has 0 radical (unpaired) electrons. The zero-order valence-corrected chi connectivity index (χ0v) is 13.5. The fourth-order valence-corrected chi connectivity index (χ4v) is 2.44. The molecule has 25 heavy (non-hydrogen) atoms. The smallest absolute Gasteiger partial charge is 0.256 e. The summed E-state index contributed by atoms with van der Waals surface area (Å²) in [5.74, 6) is -0.195. The van der Waals surface area contributed by atoms with Gasteiger partial charge in [-0.2, -0.15) is 5.26 Å². The highest BCUT2D eigenvalue weighted by atomic mass is 16.1. The van der Waals surface area contributed by atoms with Crippen molar-refractivity contribution in [2.24, 2.45) is 0 Å². The van der Waals surface area contributed by atoms with Crippen molar-refractivity contribution in [1.82, 2.24) is 0 Å². The largest absolute Gasteiger partial charge is 0.322 e. The Labute approximate surface area is 146 Å². The molecule has 0 aromatic heterocycles. The summed E-state index contributed by atoms with van der Waals surface area (Å²) in [6.07, 6.45) is 1.87. The van der Waals surface area contributed by atoms with E-state index in [1.54, 1.807) is 24.3 Å². The lowest BCUT2D eigenvalue weighted by Crippen LogP contribution is -2.13. The number of nitriles is 1. The van der Waals surface area contributed by atoms with Gasteiger partial charge in [-0.3, -0.25) is 4.79 Å². The van der Waals surface area contributed by atoms with Crippen LogP contribution in [0.15, 0.2) is 84.9 Å². The van der Waals surface area contributed by atoms with E-state index in [1.807, 2.05) is 66.7 Å². The van der Waals surface area contributed by atoms with E-state index in [0.29, 0.717) is 16.8 Å². The zero-order chi connectivity index (χ0) is 17.5. The predicted octanol–water partition coefficient (Wildman–Crippen LogP) is 4.74. The van der Waals surface area contributed by atoms with Gasteiger partial charge in [-0.05, 0) is 41.5 Å². The quantitative estimate of drug-likeness (QED) is 0.557. The molecule has 0 aliphatic heterocycles. The van der Waals surface area contributed by atoms with Crippen molar-refractivity contribution < 1.29 is 4.79 Å². The molecule has 0 unspecified atom stereocenters. The number of hydrogen-bond donors (Lipinski definition) is 1. The molecule has 0 heterocycles. The Kier molecular flexibility index (Phi) is 5.04. The molecule has 3 aromatic rings. The number of benzene rings is 3. The first-order chi connectivity index (χ1) is 12.3. The lowest BCUT2D eigenvalue weighted by Gasteiger charge is -2.10. The maximum atomic E-state index is 12.8. The third kappa shape index (κ3) is 4.21. The van der Waals surface area contributed by atoms with Crippen LogP contribution in [-0.2, 0) is 4.79 Å². The first kappa shape index (κ1) is 16.2. The summed E-state index contributed by atoms with van der Waals surface area (Å²) < 4.78 is 0. The number of hydrogen-bond acceptors (Lipinski definition) is 2. The summed E-state index contributed by atoms with van der Waals surface area (Å²) >= 11 is 0. The number of rotatable bonds is 4. The van der Waals surface area contributed by atoms with Gasteiger partial charge in [0.1, 0.15) is 0 Å². The molecule has 0 saturated carbocycles. The van der Waals surface area contributed by atoms with Crippen LogP contribution >= 0.6 is 0 Å². The number of carbonyl (C=O) groups excluding carboxylic acids is 1. The van der Waals surface area contributed by atoms with Crippen LogP contribution in [0.4, 0.5) is 5.69 Å². The fraction of sp³-hybridized carbons (Fsp3) is 0. The fourth-order valence-electron chi connectivity index (χ4n) is 2.44. The Morgan fingerprint density at radius 1 is 0.840 bits per heavy atom. The minimum Gasteiger partial charge on any atom is -0.322 e. The van der Waals surface area contributed by atoms with Gasteiger partial charge in [0, 0.05) is 11.3 Å². The highest BCUT2D eigenvalue weighted by Gasteiger charge is 2.12. The van der Waals surface area contributed by atoms with Gasteiger partial charge in [0.15, 0.2) is 0 Å². The van der Waals surface area contributed by atoms with Crippen LogP contribution in [0.25, 0.3) is 11.6 Å². The topological polar surface area (TPSA) is 52.9 Å². The molecule has 1 N–H and O–H groups in total. The van der Waals surface area contributed by atoms with E-state index in [0.717, 1.165) is 11.1 Å². The van der Waals surface area contributed by atoms with Crippen LogP contribution in [-0.4, -0.2) is 5.91 Å². The first-order valence-corrected chi connectivity index (χ1v) is 7.90. The summed E-state index contributed by atoms with van der Waals surface area (Å²) in [6, 6.07) is 28.1. The molecular weight excluding hydrogens is 308 g/mol. The predicted molar refractivity (Wildman–Crippen MR) is 101 cm³/mol. The molecular formula is C22H16N2O. The second-order valence-corrected chi connectivity index (χ2v) is 5.48. The van der Waals surface area contributed by atoms with E-state index in [1.165, 1.54) is 0 Å². The number of carbonyl (C=O) groups is 1. The van der Waals surface area contributed by atoms with Gasteiger partial charge < -0.3 is 5.32 Å². The van der Waals surface area contributed by atoms with Crippen molar-refractivity contribution in [3.8, 4) is 6.07 Å². The van der Waals surface area contributed by atoms with E-state index >= 15 is 0 Å². The van der Waals surface area contributed by atoms with E-state index in [-0.39, 0.29) is 5.91 Å². The average molecular weight is 324 g/mol. The van der Waals surface area contributed by atoms with Gasteiger partial charge in [0.25, 0.3) is 5.91 Å². The van der Waals surface area contributed by atoms with Crippen LogP contribution in [0, 0.1) is 11.3 Å². The molecule has 0 spiro atoms. The molecule has 0 aliphatic rings. The van der Waals surface area contributed by atoms with Crippen LogP contribution in [0.2, 0.25) is 0 Å². The number of amides is 1. The summed E-state index contributed by atoms with van der Waals surface area (Å²) in [4.78, 5) is 12.8. The van der Waals surface area contributed by atoms with Gasteiger partial charge in [-0.25, -0.2) is 0 Å². The highest BCUT2D eigenvalue weighted by Crippen LogP contribution is 2.21. The van der Waals surface area contributed by atoms with Crippen molar-refractivity contribution in [3.63, 3.8) is 0 Å². The molecule has 3 nitrogen and oxygen atoms in total. The molecule has 3 aromatic carbocycles. The van der Waals surface area contributed by atoms with Crippen LogP contribution in [0.3, 0.4) is 0 Å². The molecule has 3 heteroatoms. The van der Waals surface area contributed by atoms with Gasteiger partial charge in [0.05, 0.1) is 11.6 Å². The van der Waals surface area contributed by atoms with Crippen molar-refractivity contribution >= 4 is 23.2 Å². The third-order valence-electron chi connectivity index (χ3n) is 3.71. The average Bonchev–Trinajstić information content (AvgIpc) is 2.68. The molecule has 120 valence electrons. The van der Waals surface area contributed by atoms with Crippen LogP contribution in [0.1, 0.15) is 16.7 Å². The molecule has 1 amide bonds. The minimum atomic E-state index is -0.195. The Morgan fingerprint density at radius 3 is 2.04 bits per heavy atom. The standard InChI is InChI=1S/C22H16N2O/c23-16-18-11-13-20(14-12-18)24-22(25)21(19-9-5-2-6-10-19)15-17-7-3-1-4-8-17/h1-15H,(H,24,25)/b21-15+. The normalized spacial score (nSPS) is 10.8. The van der Waals surface area contributed by atoms with Gasteiger partial charge in [-0.15, -0.1) is 0 Å². The van der Waals surface area contributed by atoms with Crippen molar-refractivity contribution in [2.75, 3.05) is 5.32 Å². The molecule has 3 rings (SSSR count). The number of nitrogens with zero attached hydrogens (tertiary/aromatic N) is 1. The summed E-state index contributed by atoms with van der Waals surface area (Å²) in [5.41, 5.74) is 3.59. The van der Waals surface area contributed by atoms with Gasteiger partial charge in [-0.1, -0.05) is 60.7 Å². The summed E-state index contributed by atoms with van der Waals surface area (Å²) in [7, 11) is 0. The Balaban J connectivity index is 1.92. The van der Waals surface area contributed by atoms with Crippen LogP contribution in [0.5, 0.6) is 0 Å². The highest BCUT2D eigenvalue weighted by molar-refractivity contribution is 6.29. The van der Waals surface area contributed by atoms with E-state index in [2.05, 4.69) is 11.4 Å². The maximum Gasteiger partial charge on any atom is 0.256 e. The van der Waals surface area contributed by atoms with Crippen molar-refractivity contribution in [2.45, 2.75) is 0 Å². The lowest BCUT2D eigenvalue weighted by molar-refractivity contribution is -0.111. The molecule has 0 atom stereocenters. The third-order valence-corrected chi connectivity index (χ3v) is 3.71. The summed E-state index contributed by atoms with van der Waals surface area (Å²) in [5, 5.41) is 11.8. The van der Waals surface area contributed by atoms with E-state index in [9.17, 15) is 4.79 Å². The van der Waals surface area contributed by atoms with Crippen LogP contribution < -0.4 is 5.32 Å². The maximum absolute atomic E-state index is 12.8. The Morgan fingerprint density at radius 2 is 1.44 bits per heavy atom. The van der Waals surface area contributed by atoms with Gasteiger partial charge >= 0.3 is 0 Å². The second-order valence-electron chi connectivity index (χ2n) is 5.48. The Hall–Kier alpha value is -3.64. The lowest BCUT2D eigenvalue weighted by atomic mass is 10.0. The first-order valence-electron chi connectivity index (χ1n) is 7.90.